The van der Waals surface area contributed by atoms with Gasteiger partial charge in [-0.25, -0.2) is 0 Å². The van der Waals surface area contributed by atoms with Crippen molar-refractivity contribution in [3.05, 3.63) is 33.9 Å². The van der Waals surface area contributed by atoms with E-state index in [-0.39, 0.29) is 22.9 Å². The number of amides is 1. The summed E-state index contributed by atoms with van der Waals surface area (Å²) in [5, 5.41) is 16.8. The summed E-state index contributed by atoms with van der Waals surface area (Å²) in [6, 6.07) is 4.25. The Morgan fingerprint density at radius 3 is 3.00 bits per heavy atom. The normalized spacial score (nSPS) is 17.5. The molecule has 0 bridgehead atoms. The number of nitro groups is 1. The van der Waals surface area contributed by atoms with Crippen LogP contribution < -0.4 is 15.4 Å². The maximum atomic E-state index is 11.5. The Morgan fingerprint density at radius 2 is 2.38 bits per heavy atom. The molecule has 1 saturated heterocycles. The summed E-state index contributed by atoms with van der Waals surface area (Å²) in [6.07, 6.45) is 1.97. The molecular weight excluding hydrogens is 274 g/mol. The van der Waals surface area contributed by atoms with Gasteiger partial charge in [-0.2, -0.15) is 0 Å². The smallest absolute Gasteiger partial charge is 0.311 e. The van der Waals surface area contributed by atoms with Gasteiger partial charge in [-0.15, -0.1) is 0 Å². The fourth-order valence-corrected chi connectivity index (χ4v) is 2.36. The minimum absolute atomic E-state index is 0.180. The molecule has 21 heavy (non-hydrogen) atoms. The lowest BCUT2D eigenvalue weighted by Crippen LogP contribution is -2.18. The summed E-state index contributed by atoms with van der Waals surface area (Å²) in [5.41, 5.74) is 0.0668. The Balaban J connectivity index is 2.03. The van der Waals surface area contributed by atoms with E-state index in [0.717, 1.165) is 25.9 Å². The van der Waals surface area contributed by atoms with E-state index in [0.29, 0.717) is 12.5 Å². The van der Waals surface area contributed by atoms with Gasteiger partial charge < -0.3 is 15.4 Å². The Hall–Kier alpha value is -2.15. The van der Waals surface area contributed by atoms with Crippen LogP contribution in [0.2, 0.25) is 0 Å². The molecule has 0 aliphatic carbocycles. The van der Waals surface area contributed by atoms with Crippen molar-refractivity contribution in [2.24, 2.45) is 5.92 Å². The molecule has 1 fully saturated rings. The molecule has 7 nitrogen and oxygen atoms in total. The van der Waals surface area contributed by atoms with Crippen LogP contribution in [0.25, 0.3) is 0 Å². The molecule has 1 heterocycles. The molecule has 0 radical (unpaired) electrons. The van der Waals surface area contributed by atoms with Gasteiger partial charge in [0, 0.05) is 18.7 Å². The van der Waals surface area contributed by atoms with Crippen LogP contribution in [0.3, 0.4) is 0 Å². The molecule has 1 aromatic carbocycles. The highest BCUT2D eigenvalue weighted by molar-refractivity contribution is 5.94. The molecule has 0 spiro atoms. The molecule has 2 N–H and O–H groups in total. The Bertz CT molecular complexity index is 527. The highest BCUT2D eigenvalue weighted by atomic mass is 16.6. The zero-order chi connectivity index (χ0) is 15.2. The van der Waals surface area contributed by atoms with E-state index in [9.17, 15) is 14.9 Å². The fraction of sp³-hybridized carbons (Fsp3) is 0.500. The summed E-state index contributed by atoms with van der Waals surface area (Å²) in [4.78, 5) is 22.1. The van der Waals surface area contributed by atoms with Crippen LogP contribution >= 0.6 is 0 Å². The summed E-state index contributed by atoms with van der Waals surface area (Å²) in [5.74, 6) is 0.412. The molecule has 1 aromatic rings. The van der Waals surface area contributed by atoms with E-state index < -0.39 is 4.92 Å². The zero-order valence-electron chi connectivity index (χ0n) is 11.9. The van der Waals surface area contributed by atoms with Gasteiger partial charge in [-0.05, 0) is 44.0 Å². The second kappa shape index (κ2) is 7.03. The topological polar surface area (TPSA) is 93.5 Å². The van der Waals surface area contributed by atoms with Crippen molar-refractivity contribution < 1.29 is 14.5 Å². The van der Waals surface area contributed by atoms with Crippen molar-refractivity contribution in [2.75, 3.05) is 26.7 Å². The standard InChI is InChI=1S/C14H19N3O4/c1-15-14(18)11-2-3-13(12(8-11)17(19)20)21-7-5-10-4-6-16-9-10/h2-3,8,10,16H,4-7,9H2,1H3,(H,15,18). The van der Waals surface area contributed by atoms with Gasteiger partial charge in [0.1, 0.15) is 0 Å². The quantitative estimate of drug-likeness (QED) is 0.609. The van der Waals surface area contributed by atoms with E-state index in [4.69, 9.17) is 4.74 Å². The van der Waals surface area contributed by atoms with Crippen molar-refractivity contribution in [3.8, 4) is 5.75 Å². The Morgan fingerprint density at radius 1 is 1.57 bits per heavy atom. The lowest BCUT2D eigenvalue weighted by atomic mass is 10.1. The van der Waals surface area contributed by atoms with Gasteiger partial charge in [0.05, 0.1) is 11.5 Å². The van der Waals surface area contributed by atoms with Crippen LogP contribution in [-0.4, -0.2) is 37.6 Å². The van der Waals surface area contributed by atoms with Gasteiger partial charge in [-0.1, -0.05) is 0 Å². The summed E-state index contributed by atoms with van der Waals surface area (Å²) >= 11 is 0. The first-order chi connectivity index (χ1) is 10.1. The fourth-order valence-electron chi connectivity index (χ4n) is 2.36. The van der Waals surface area contributed by atoms with Crippen molar-refractivity contribution in [2.45, 2.75) is 12.8 Å². The highest BCUT2D eigenvalue weighted by Gasteiger charge is 2.19. The Kier molecular flexibility index (Phi) is 5.10. The predicted molar refractivity (Wildman–Crippen MR) is 77.6 cm³/mol. The van der Waals surface area contributed by atoms with Gasteiger partial charge >= 0.3 is 5.69 Å². The number of nitro benzene ring substituents is 1. The van der Waals surface area contributed by atoms with E-state index in [1.165, 1.54) is 25.2 Å². The average molecular weight is 293 g/mol. The minimum atomic E-state index is -0.529. The molecular formula is C14H19N3O4. The van der Waals surface area contributed by atoms with Crippen LogP contribution in [0, 0.1) is 16.0 Å². The number of rotatable bonds is 6. The molecule has 1 unspecified atom stereocenters. The first-order valence-corrected chi connectivity index (χ1v) is 6.96. The third kappa shape index (κ3) is 3.91. The SMILES string of the molecule is CNC(=O)c1ccc(OCCC2CCNC2)c([N+](=O)[O-])c1. The van der Waals surface area contributed by atoms with Crippen molar-refractivity contribution in [1.29, 1.82) is 0 Å². The molecule has 114 valence electrons. The third-order valence-electron chi connectivity index (χ3n) is 3.59. The second-order valence-corrected chi connectivity index (χ2v) is 5.01. The van der Waals surface area contributed by atoms with Crippen LogP contribution in [0.4, 0.5) is 5.69 Å². The third-order valence-corrected chi connectivity index (χ3v) is 3.59. The van der Waals surface area contributed by atoms with Crippen LogP contribution in [0.15, 0.2) is 18.2 Å². The largest absolute Gasteiger partial charge is 0.487 e. The number of carbonyl (C=O) groups is 1. The number of hydrogen-bond donors (Lipinski definition) is 2. The van der Waals surface area contributed by atoms with Gasteiger partial charge in [0.15, 0.2) is 5.75 Å². The lowest BCUT2D eigenvalue weighted by molar-refractivity contribution is -0.385. The number of nitrogens with zero attached hydrogens (tertiary/aromatic N) is 1. The number of ether oxygens (including phenoxy) is 1. The average Bonchev–Trinajstić information content (AvgIpc) is 2.99. The molecule has 7 heteroatoms. The molecule has 1 aliphatic rings. The van der Waals surface area contributed by atoms with Crippen LogP contribution in [0.5, 0.6) is 5.75 Å². The maximum Gasteiger partial charge on any atom is 0.311 e. The molecule has 0 aromatic heterocycles. The van der Waals surface area contributed by atoms with Gasteiger partial charge in [-0.3, -0.25) is 14.9 Å². The number of carbonyl (C=O) groups excluding carboxylic acids is 1. The molecule has 1 atom stereocenters. The van der Waals surface area contributed by atoms with Crippen molar-refractivity contribution in [1.82, 2.24) is 10.6 Å². The number of nitrogens with one attached hydrogen (secondary N) is 2. The highest BCUT2D eigenvalue weighted by Crippen LogP contribution is 2.28. The van der Waals surface area contributed by atoms with Crippen LogP contribution in [-0.2, 0) is 0 Å². The maximum absolute atomic E-state index is 11.5. The molecule has 1 amide bonds. The zero-order valence-corrected chi connectivity index (χ0v) is 11.9. The van der Waals surface area contributed by atoms with Gasteiger partial charge in [0.25, 0.3) is 5.91 Å². The Labute approximate surface area is 122 Å². The molecule has 0 saturated carbocycles. The van der Waals surface area contributed by atoms with Crippen molar-refractivity contribution in [3.63, 3.8) is 0 Å². The van der Waals surface area contributed by atoms with E-state index in [1.807, 2.05) is 0 Å². The lowest BCUT2D eigenvalue weighted by Gasteiger charge is -2.10. The van der Waals surface area contributed by atoms with Crippen molar-refractivity contribution >= 4 is 11.6 Å². The monoisotopic (exact) mass is 293 g/mol. The minimum Gasteiger partial charge on any atom is -0.487 e. The molecule has 2 rings (SSSR count). The predicted octanol–water partition coefficient (Wildman–Crippen LogP) is 1.33. The van der Waals surface area contributed by atoms with Gasteiger partial charge in [0.2, 0.25) is 0 Å². The first-order valence-electron chi connectivity index (χ1n) is 6.96. The summed E-state index contributed by atoms with van der Waals surface area (Å²) in [7, 11) is 1.48. The second-order valence-electron chi connectivity index (χ2n) is 5.01. The molecule has 1 aliphatic heterocycles. The van der Waals surface area contributed by atoms with Crippen LogP contribution in [0.1, 0.15) is 23.2 Å². The summed E-state index contributed by atoms with van der Waals surface area (Å²) in [6.45, 7) is 2.43. The van der Waals surface area contributed by atoms with E-state index in [2.05, 4.69) is 10.6 Å². The number of benzene rings is 1. The first kappa shape index (κ1) is 15.2. The van der Waals surface area contributed by atoms with E-state index in [1.54, 1.807) is 0 Å². The van der Waals surface area contributed by atoms with E-state index >= 15 is 0 Å². The summed E-state index contributed by atoms with van der Waals surface area (Å²) < 4.78 is 5.53. The number of hydrogen-bond acceptors (Lipinski definition) is 5.